The molecule has 96 valence electrons. The van der Waals surface area contributed by atoms with Crippen molar-refractivity contribution in [3.05, 3.63) is 40.0 Å². The maximum Gasteiger partial charge on any atom is 0.373 e. The van der Waals surface area contributed by atoms with Crippen LogP contribution in [0.2, 0.25) is 0 Å². The number of methoxy groups -OCH3 is 2. The molecule has 0 bridgehead atoms. The molecule has 6 heteroatoms. The second-order valence-corrected chi connectivity index (χ2v) is 4.43. The average molecular weight is 268 g/mol. The summed E-state index contributed by atoms with van der Waals surface area (Å²) in [7, 11) is 2.82. The second-order valence-electron chi connectivity index (χ2n) is 3.49. The van der Waals surface area contributed by atoms with E-state index in [1.54, 1.807) is 24.6 Å². The second kappa shape index (κ2) is 5.24. The van der Waals surface area contributed by atoms with Crippen molar-refractivity contribution in [2.45, 2.75) is 6.10 Å². The summed E-state index contributed by atoms with van der Waals surface area (Å²) in [6, 6.07) is 4.73. The third-order valence-corrected chi connectivity index (χ3v) is 3.35. The van der Waals surface area contributed by atoms with Crippen LogP contribution in [0.1, 0.15) is 27.3 Å². The van der Waals surface area contributed by atoms with E-state index in [9.17, 15) is 9.90 Å². The van der Waals surface area contributed by atoms with Crippen LogP contribution in [0.15, 0.2) is 28.0 Å². The highest BCUT2D eigenvalue weighted by molar-refractivity contribution is 7.10. The topological polar surface area (TPSA) is 68.9 Å². The number of hydrogen-bond acceptors (Lipinski definition) is 6. The highest BCUT2D eigenvalue weighted by Crippen LogP contribution is 2.31. The van der Waals surface area contributed by atoms with Crippen molar-refractivity contribution in [3.63, 3.8) is 0 Å². The summed E-state index contributed by atoms with van der Waals surface area (Å²) < 4.78 is 14.8. The van der Waals surface area contributed by atoms with Gasteiger partial charge in [-0.2, -0.15) is 0 Å². The summed E-state index contributed by atoms with van der Waals surface area (Å²) in [6.45, 7) is 0. The molecule has 0 amide bonds. The van der Waals surface area contributed by atoms with E-state index < -0.39 is 12.1 Å². The molecule has 0 saturated carbocycles. The summed E-state index contributed by atoms with van der Waals surface area (Å²) in [6.07, 6.45) is -0.919. The first-order valence-corrected chi connectivity index (χ1v) is 6.02. The van der Waals surface area contributed by atoms with Crippen LogP contribution in [0.3, 0.4) is 0 Å². The molecule has 2 rings (SSSR count). The van der Waals surface area contributed by atoms with E-state index in [2.05, 4.69) is 4.74 Å². The lowest BCUT2D eigenvalue weighted by Gasteiger charge is -2.04. The minimum Gasteiger partial charge on any atom is -0.496 e. The number of thiophene rings is 1. The summed E-state index contributed by atoms with van der Waals surface area (Å²) in [5.41, 5.74) is 0. The van der Waals surface area contributed by atoms with Crippen molar-refractivity contribution in [2.24, 2.45) is 0 Å². The smallest absolute Gasteiger partial charge is 0.373 e. The number of esters is 1. The average Bonchev–Trinajstić information content (AvgIpc) is 3.05. The molecule has 0 aliphatic rings. The minimum absolute atomic E-state index is 0.0649. The number of aliphatic hydroxyl groups excluding tert-OH is 1. The van der Waals surface area contributed by atoms with Crippen LogP contribution >= 0.6 is 11.3 Å². The number of rotatable bonds is 4. The van der Waals surface area contributed by atoms with Gasteiger partial charge in [0.1, 0.15) is 17.6 Å². The fourth-order valence-electron chi connectivity index (χ4n) is 1.44. The molecule has 0 aromatic carbocycles. The Balaban J connectivity index is 2.20. The SMILES string of the molecule is COC(=O)c1ccc(C(O)c2cc(OC)cs2)o1. The van der Waals surface area contributed by atoms with Crippen LogP contribution in [0.25, 0.3) is 0 Å². The van der Waals surface area contributed by atoms with Gasteiger partial charge in [-0.3, -0.25) is 0 Å². The van der Waals surface area contributed by atoms with Gasteiger partial charge < -0.3 is 19.0 Å². The molecule has 0 radical (unpaired) electrons. The molecule has 2 heterocycles. The molecule has 18 heavy (non-hydrogen) atoms. The van der Waals surface area contributed by atoms with Gasteiger partial charge in [0, 0.05) is 10.3 Å². The maximum absolute atomic E-state index is 11.2. The number of carbonyl (C=O) groups is 1. The molecule has 0 aliphatic heterocycles. The van der Waals surface area contributed by atoms with Crippen molar-refractivity contribution in [2.75, 3.05) is 14.2 Å². The van der Waals surface area contributed by atoms with Gasteiger partial charge in [0.2, 0.25) is 5.76 Å². The standard InChI is InChI=1S/C12H12O5S/c1-15-7-5-10(18-6-7)11(13)8-3-4-9(17-8)12(14)16-2/h3-6,11,13H,1-2H3. The maximum atomic E-state index is 11.2. The van der Waals surface area contributed by atoms with Gasteiger partial charge in [0.25, 0.3) is 0 Å². The molecular weight excluding hydrogens is 256 g/mol. The van der Waals surface area contributed by atoms with E-state index >= 15 is 0 Å². The zero-order valence-corrected chi connectivity index (χ0v) is 10.7. The van der Waals surface area contributed by atoms with Crippen LogP contribution < -0.4 is 4.74 Å². The van der Waals surface area contributed by atoms with Crippen molar-refractivity contribution < 1.29 is 23.8 Å². The lowest BCUT2D eigenvalue weighted by Crippen LogP contribution is -1.99. The molecule has 2 aromatic rings. The fraction of sp³-hybridized carbons (Fsp3) is 0.250. The summed E-state index contributed by atoms with van der Waals surface area (Å²) in [5.74, 6) is 0.459. The highest BCUT2D eigenvalue weighted by Gasteiger charge is 2.19. The van der Waals surface area contributed by atoms with Gasteiger partial charge >= 0.3 is 5.97 Å². The predicted molar refractivity (Wildman–Crippen MR) is 65.0 cm³/mol. The van der Waals surface area contributed by atoms with E-state index in [0.717, 1.165) is 0 Å². The molecule has 0 aliphatic carbocycles. The van der Waals surface area contributed by atoms with Crippen molar-refractivity contribution in [1.82, 2.24) is 0 Å². The molecule has 2 aromatic heterocycles. The summed E-state index contributed by atoms with van der Waals surface area (Å²) >= 11 is 1.35. The van der Waals surface area contributed by atoms with Gasteiger partial charge in [-0.1, -0.05) is 0 Å². The van der Waals surface area contributed by atoms with E-state index in [1.165, 1.54) is 24.5 Å². The van der Waals surface area contributed by atoms with Gasteiger partial charge in [-0.15, -0.1) is 11.3 Å². The summed E-state index contributed by atoms with van der Waals surface area (Å²) in [4.78, 5) is 11.9. The molecule has 5 nitrogen and oxygen atoms in total. The highest BCUT2D eigenvalue weighted by atomic mass is 32.1. The normalized spacial score (nSPS) is 12.2. The van der Waals surface area contributed by atoms with E-state index in [1.807, 2.05) is 0 Å². The van der Waals surface area contributed by atoms with Crippen LogP contribution in [-0.4, -0.2) is 25.3 Å². The number of hydrogen-bond donors (Lipinski definition) is 1. The van der Waals surface area contributed by atoms with E-state index in [4.69, 9.17) is 9.15 Å². The Labute approximate surface area is 108 Å². The molecule has 0 saturated heterocycles. The molecule has 0 spiro atoms. The first kappa shape index (κ1) is 12.7. The first-order valence-electron chi connectivity index (χ1n) is 5.14. The third-order valence-electron chi connectivity index (χ3n) is 2.38. The van der Waals surface area contributed by atoms with Crippen molar-refractivity contribution >= 4 is 17.3 Å². The largest absolute Gasteiger partial charge is 0.496 e. The van der Waals surface area contributed by atoms with Gasteiger partial charge in [-0.25, -0.2) is 4.79 Å². The van der Waals surface area contributed by atoms with Gasteiger partial charge in [-0.05, 0) is 18.2 Å². The number of carbonyl (C=O) groups excluding carboxylic acids is 1. The molecule has 0 fully saturated rings. The molecule has 1 unspecified atom stereocenters. The van der Waals surface area contributed by atoms with Crippen molar-refractivity contribution in [1.29, 1.82) is 0 Å². The van der Waals surface area contributed by atoms with E-state index in [-0.39, 0.29) is 5.76 Å². The number of ether oxygens (including phenoxy) is 2. The van der Waals surface area contributed by atoms with Crippen LogP contribution in [-0.2, 0) is 4.74 Å². The predicted octanol–water partition coefficient (Wildman–Crippen LogP) is 2.22. The zero-order chi connectivity index (χ0) is 13.1. The Bertz CT molecular complexity index is 542. The first-order chi connectivity index (χ1) is 8.65. The minimum atomic E-state index is -0.919. The Hall–Kier alpha value is -1.79. The van der Waals surface area contributed by atoms with E-state index in [0.29, 0.717) is 16.4 Å². The van der Waals surface area contributed by atoms with Crippen LogP contribution in [0.4, 0.5) is 0 Å². The lowest BCUT2D eigenvalue weighted by molar-refractivity contribution is 0.0558. The van der Waals surface area contributed by atoms with Crippen molar-refractivity contribution in [3.8, 4) is 5.75 Å². The molecule has 1 N–H and O–H groups in total. The summed E-state index contributed by atoms with van der Waals surface area (Å²) in [5, 5.41) is 11.9. The quantitative estimate of drug-likeness (QED) is 0.861. The Morgan fingerprint density at radius 2 is 2.22 bits per heavy atom. The molecule has 1 atom stereocenters. The third kappa shape index (κ3) is 2.39. The Kier molecular flexibility index (Phi) is 3.69. The monoisotopic (exact) mass is 268 g/mol. The van der Waals surface area contributed by atoms with Crippen LogP contribution in [0.5, 0.6) is 5.75 Å². The molecular formula is C12H12O5S. The zero-order valence-electron chi connectivity index (χ0n) is 9.88. The number of aliphatic hydroxyl groups is 1. The fourth-order valence-corrected chi connectivity index (χ4v) is 2.28. The van der Waals surface area contributed by atoms with Crippen LogP contribution in [0, 0.1) is 0 Å². The van der Waals surface area contributed by atoms with Gasteiger partial charge in [0.05, 0.1) is 14.2 Å². The Morgan fingerprint density at radius 3 is 2.83 bits per heavy atom. The Morgan fingerprint density at radius 1 is 1.44 bits per heavy atom. The lowest BCUT2D eigenvalue weighted by atomic mass is 10.2. The number of furan rings is 1. The van der Waals surface area contributed by atoms with Gasteiger partial charge in [0.15, 0.2) is 0 Å².